The Bertz CT molecular complexity index is 996. The first-order chi connectivity index (χ1) is 12.5. The zero-order chi connectivity index (χ0) is 17.9. The van der Waals surface area contributed by atoms with Gasteiger partial charge in [-0.15, -0.1) is 11.3 Å². The number of hydrogen-bond acceptors (Lipinski definition) is 5. The molecule has 2 aromatic heterocycles. The third kappa shape index (κ3) is 2.38. The number of nitrogens with one attached hydrogen (secondary N) is 1. The Labute approximate surface area is 154 Å². The van der Waals surface area contributed by atoms with E-state index < -0.39 is 5.79 Å². The van der Waals surface area contributed by atoms with E-state index in [0.29, 0.717) is 16.3 Å². The Morgan fingerprint density at radius 2 is 2.00 bits per heavy atom. The zero-order valence-corrected chi connectivity index (χ0v) is 15.5. The first-order valence-corrected chi connectivity index (χ1v) is 9.61. The highest BCUT2D eigenvalue weighted by molar-refractivity contribution is 7.20. The Morgan fingerprint density at radius 3 is 2.77 bits per heavy atom. The number of thiophene rings is 1. The molecule has 1 aromatic carbocycles. The molecule has 1 saturated carbocycles. The number of ether oxygens (including phenoxy) is 2. The molecule has 0 unspecified atom stereocenters. The third-order valence-corrected chi connectivity index (χ3v) is 6.28. The number of carbonyl (C=O) groups is 1. The summed E-state index contributed by atoms with van der Waals surface area (Å²) in [4.78, 5) is 14.3. The van der Waals surface area contributed by atoms with Gasteiger partial charge in [-0.1, -0.05) is 0 Å². The Balaban J connectivity index is 1.38. The van der Waals surface area contributed by atoms with E-state index in [2.05, 4.69) is 10.4 Å². The molecule has 1 aliphatic heterocycles. The quantitative estimate of drug-likeness (QED) is 0.734. The lowest BCUT2D eigenvalue weighted by Gasteiger charge is -2.21. The van der Waals surface area contributed by atoms with E-state index >= 15 is 0 Å². The summed E-state index contributed by atoms with van der Waals surface area (Å²) in [7, 11) is 1.89. The summed E-state index contributed by atoms with van der Waals surface area (Å²) in [5.41, 5.74) is 1.64. The normalized spacial score (nSPS) is 17.3. The summed E-state index contributed by atoms with van der Waals surface area (Å²) in [5.74, 6) is 0.857. The molecule has 2 aliphatic rings. The van der Waals surface area contributed by atoms with Crippen LogP contribution in [-0.4, -0.2) is 21.5 Å². The second-order valence-corrected chi connectivity index (χ2v) is 8.01. The molecule has 6 nitrogen and oxygen atoms in total. The van der Waals surface area contributed by atoms with Gasteiger partial charge in [-0.2, -0.15) is 5.10 Å². The first kappa shape index (κ1) is 15.7. The minimum absolute atomic E-state index is 0.125. The topological polar surface area (TPSA) is 65.4 Å². The van der Waals surface area contributed by atoms with Gasteiger partial charge >= 0.3 is 0 Å². The van der Waals surface area contributed by atoms with Crippen LogP contribution in [0.25, 0.3) is 10.2 Å². The lowest BCUT2D eigenvalue weighted by atomic mass is 10.2. The van der Waals surface area contributed by atoms with Crippen LogP contribution < -0.4 is 14.8 Å². The van der Waals surface area contributed by atoms with E-state index in [4.69, 9.17) is 9.47 Å². The van der Waals surface area contributed by atoms with Crippen molar-refractivity contribution in [1.29, 1.82) is 0 Å². The van der Waals surface area contributed by atoms with Crippen LogP contribution in [0.3, 0.4) is 0 Å². The number of anilines is 1. The van der Waals surface area contributed by atoms with E-state index in [0.717, 1.165) is 47.3 Å². The van der Waals surface area contributed by atoms with Crippen LogP contribution in [0.2, 0.25) is 0 Å². The molecule has 7 heteroatoms. The maximum Gasteiger partial charge on any atom is 0.265 e. The molecule has 0 atom stereocenters. The average Bonchev–Trinajstić information content (AvgIpc) is 3.35. The Hall–Kier alpha value is -2.54. The molecule has 0 bridgehead atoms. The van der Waals surface area contributed by atoms with Crippen molar-refractivity contribution in [2.75, 3.05) is 5.32 Å². The maximum atomic E-state index is 12.7. The first-order valence-electron chi connectivity index (χ1n) is 8.80. The average molecular weight is 369 g/mol. The van der Waals surface area contributed by atoms with Crippen molar-refractivity contribution < 1.29 is 14.3 Å². The van der Waals surface area contributed by atoms with Crippen molar-refractivity contribution in [2.45, 2.75) is 38.4 Å². The van der Waals surface area contributed by atoms with Gasteiger partial charge in [0.1, 0.15) is 4.83 Å². The molecular formula is C19H19N3O3S. The molecule has 1 amide bonds. The monoisotopic (exact) mass is 369 g/mol. The summed E-state index contributed by atoms with van der Waals surface area (Å²) < 4.78 is 13.9. The molecule has 3 aromatic rings. The molecule has 1 spiro atoms. The summed E-state index contributed by atoms with van der Waals surface area (Å²) in [6.07, 6.45) is 4.08. The van der Waals surface area contributed by atoms with Gasteiger partial charge in [-0.05, 0) is 38.0 Å². The molecule has 1 fully saturated rings. The van der Waals surface area contributed by atoms with E-state index in [1.807, 2.05) is 42.9 Å². The van der Waals surface area contributed by atoms with Crippen molar-refractivity contribution >= 4 is 33.1 Å². The second kappa shape index (κ2) is 5.48. The zero-order valence-electron chi connectivity index (χ0n) is 14.7. The van der Waals surface area contributed by atoms with Gasteiger partial charge in [0, 0.05) is 37.0 Å². The maximum absolute atomic E-state index is 12.7. The van der Waals surface area contributed by atoms with Crippen LogP contribution in [0, 0.1) is 6.92 Å². The van der Waals surface area contributed by atoms with Gasteiger partial charge in [0.2, 0.25) is 0 Å². The fourth-order valence-corrected chi connectivity index (χ4v) is 4.82. The lowest BCUT2D eigenvalue weighted by Crippen LogP contribution is -2.34. The highest BCUT2D eigenvalue weighted by Crippen LogP contribution is 2.47. The van der Waals surface area contributed by atoms with Gasteiger partial charge in [0.15, 0.2) is 11.5 Å². The van der Waals surface area contributed by atoms with Gasteiger partial charge in [-0.25, -0.2) is 0 Å². The molecule has 5 rings (SSSR count). The molecule has 134 valence electrons. The van der Waals surface area contributed by atoms with Gasteiger partial charge < -0.3 is 14.8 Å². The molecule has 0 radical (unpaired) electrons. The van der Waals surface area contributed by atoms with Crippen LogP contribution in [-0.2, 0) is 7.05 Å². The number of aromatic nitrogens is 2. The standard InChI is InChI=1S/C19H19N3O3S/c1-11-13-10-16(26-18(13)22(2)21-11)17(23)20-12-5-6-14-15(9-12)25-19(24-14)7-3-4-8-19/h5-6,9-10H,3-4,7-8H2,1-2H3,(H,20,23). The SMILES string of the molecule is Cc1nn(C)c2sc(C(=O)Nc3ccc4c(c3)OC3(CCCC3)O4)cc12. The van der Waals surface area contributed by atoms with Gasteiger partial charge in [0.05, 0.1) is 10.6 Å². The minimum atomic E-state index is -0.485. The smallest absolute Gasteiger partial charge is 0.265 e. The second-order valence-electron chi connectivity index (χ2n) is 6.98. The predicted octanol–water partition coefficient (Wildman–Crippen LogP) is 4.24. The van der Waals surface area contributed by atoms with Crippen LogP contribution >= 0.6 is 11.3 Å². The van der Waals surface area contributed by atoms with Crippen molar-refractivity contribution in [3.8, 4) is 11.5 Å². The highest BCUT2D eigenvalue weighted by atomic mass is 32.1. The third-order valence-electron chi connectivity index (χ3n) is 5.08. The number of amides is 1. The molecule has 3 heterocycles. The van der Waals surface area contributed by atoms with Gasteiger partial charge in [0.25, 0.3) is 11.7 Å². The lowest BCUT2D eigenvalue weighted by molar-refractivity contribution is -0.0716. The van der Waals surface area contributed by atoms with Gasteiger partial charge in [-0.3, -0.25) is 9.48 Å². The van der Waals surface area contributed by atoms with Crippen molar-refractivity contribution in [1.82, 2.24) is 9.78 Å². The molecule has 0 saturated heterocycles. The van der Waals surface area contributed by atoms with E-state index in [1.165, 1.54) is 11.3 Å². The van der Waals surface area contributed by atoms with E-state index in [9.17, 15) is 4.79 Å². The highest BCUT2D eigenvalue weighted by Gasteiger charge is 2.44. The van der Waals surface area contributed by atoms with Crippen LogP contribution in [0.15, 0.2) is 24.3 Å². The predicted molar refractivity (Wildman–Crippen MR) is 100 cm³/mol. The summed E-state index contributed by atoms with van der Waals surface area (Å²) >= 11 is 1.45. The van der Waals surface area contributed by atoms with Crippen molar-refractivity contribution in [3.63, 3.8) is 0 Å². The minimum Gasteiger partial charge on any atom is -0.448 e. The Morgan fingerprint density at radius 1 is 1.23 bits per heavy atom. The number of benzene rings is 1. The number of aryl methyl sites for hydroxylation is 2. The van der Waals surface area contributed by atoms with Crippen molar-refractivity contribution in [2.24, 2.45) is 7.05 Å². The van der Waals surface area contributed by atoms with E-state index in [1.54, 1.807) is 0 Å². The van der Waals surface area contributed by atoms with E-state index in [-0.39, 0.29) is 5.91 Å². The van der Waals surface area contributed by atoms with Crippen molar-refractivity contribution in [3.05, 3.63) is 34.8 Å². The van der Waals surface area contributed by atoms with Crippen LogP contribution in [0.5, 0.6) is 11.5 Å². The number of rotatable bonds is 2. The fourth-order valence-electron chi connectivity index (χ4n) is 3.80. The molecule has 1 aliphatic carbocycles. The molecule has 1 N–H and O–H groups in total. The van der Waals surface area contributed by atoms with Crippen LogP contribution in [0.4, 0.5) is 5.69 Å². The number of fused-ring (bicyclic) bond motifs is 2. The summed E-state index contributed by atoms with van der Waals surface area (Å²) in [6, 6.07) is 7.48. The van der Waals surface area contributed by atoms with Crippen LogP contribution in [0.1, 0.15) is 41.0 Å². The summed E-state index contributed by atoms with van der Waals surface area (Å²) in [5, 5.41) is 8.36. The molecule has 26 heavy (non-hydrogen) atoms. The fraction of sp³-hybridized carbons (Fsp3) is 0.368. The molecular weight excluding hydrogens is 350 g/mol. The number of nitrogens with zero attached hydrogens (tertiary/aromatic N) is 2. The number of carbonyl (C=O) groups excluding carboxylic acids is 1. The Kier molecular flexibility index (Phi) is 3.31. The largest absolute Gasteiger partial charge is 0.448 e. The number of hydrogen-bond donors (Lipinski definition) is 1. The summed E-state index contributed by atoms with van der Waals surface area (Å²) in [6.45, 7) is 1.95.